The topological polar surface area (TPSA) is 54.0 Å². The van der Waals surface area contributed by atoms with Crippen LogP contribution < -0.4 is 10.6 Å². The van der Waals surface area contributed by atoms with E-state index in [9.17, 15) is 4.79 Å². The van der Waals surface area contributed by atoms with Crippen LogP contribution in [-0.2, 0) is 11.2 Å². The average molecular weight is 376 g/mol. The second kappa shape index (κ2) is 8.67. The molecule has 1 aromatic carbocycles. The predicted octanol–water partition coefficient (Wildman–Crippen LogP) is 4.48. The van der Waals surface area contributed by atoms with E-state index >= 15 is 0 Å². The van der Waals surface area contributed by atoms with Gasteiger partial charge in [-0.25, -0.2) is 4.98 Å². The first kappa shape index (κ1) is 17.5. The van der Waals surface area contributed by atoms with Crippen molar-refractivity contribution in [3.8, 4) is 0 Å². The molecule has 0 saturated heterocycles. The fourth-order valence-electron chi connectivity index (χ4n) is 2.05. The highest BCUT2D eigenvalue weighted by Crippen LogP contribution is 2.13. The third-order valence-electron chi connectivity index (χ3n) is 3.35. The summed E-state index contributed by atoms with van der Waals surface area (Å²) in [5.41, 5.74) is 1.69. The van der Waals surface area contributed by atoms with Crippen LogP contribution in [0.1, 0.15) is 25.8 Å². The van der Waals surface area contributed by atoms with Gasteiger partial charge in [0.05, 0.1) is 18.3 Å². The van der Waals surface area contributed by atoms with E-state index in [1.165, 1.54) is 0 Å². The number of carbonyl (C=O) groups excluding carboxylic acids is 1. The summed E-state index contributed by atoms with van der Waals surface area (Å²) in [6.07, 6.45) is 3.13. The van der Waals surface area contributed by atoms with Gasteiger partial charge in [-0.3, -0.25) is 4.79 Å². The van der Waals surface area contributed by atoms with Crippen molar-refractivity contribution < 1.29 is 4.79 Å². The highest BCUT2D eigenvalue weighted by atomic mass is 79.9. The van der Waals surface area contributed by atoms with E-state index < -0.39 is 0 Å². The van der Waals surface area contributed by atoms with Crippen molar-refractivity contribution in [1.29, 1.82) is 0 Å². The first-order chi connectivity index (χ1) is 11.0. The molecule has 122 valence electrons. The van der Waals surface area contributed by atoms with Crippen molar-refractivity contribution in [3.05, 3.63) is 52.6 Å². The van der Waals surface area contributed by atoms with Crippen LogP contribution in [0.25, 0.3) is 0 Å². The van der Waals surface area contributed by atoms with E-state index in [0.29, 0.717) is 18.0 Å². The number of amides is 1. The Morgan fingerprint density at radius 1 is 1.17 bits per heavy atom. The van der Waals surface area contributed by atoms with E-state index in [-0.39, 0.29) is 5.91 Å². The Kier molecular flexibility index (Phi) is 6.59. The van der Waals surface area contributed by atoms with Gasteiger partial charge in [0.1, 0.15) is 5.82 Å². The monoisotopic (exact) mass is 375 g/mol. The molecule has 2 N–H and O–H groups in total. The molecule has 0 saturated carbocycles. The Bertz CT molecular complexity index is 624. The van der Waals surface area contributed by atoms with Crippen molar-refractivity contribution in [3.63, 3.8) is 0 Å². The Labute approximate surface area is 145 Å². The number of halogens is 1. The number of aromatic nitrogens is 1. The van der Waals surface area contributed by atoms with Gasteiger partial charge < -0.3 is 10.6 Å². The summed E-state index contributed by atoms with van der Waals surface area (Å²) in [6, 6.07) is 11.5. The van der Waals surface area contributed by atoms with Gasteiger partial charge in [-0.05, 0) is 42.2 Å². The first-order valence-electron chi connectivity index (χ1n) is 7.77. The van der Waals surface area contributed by atoms with Gasteiger partial charge in [0, 0.05) is 11.0 Å². The number of benzene rings is 1. The first-order valence-corrected chi connectivity index (χ1v) is 8.56. The highest BCUT2D eigenvalue weighted by molar-refractivity contribution is 9.10. The van der Waals surface area contributed by atoms with E-state index in [1.54, 1.807) is 6.20 Å². The molecule has 2 aromatic rings. The number of hydrogen-bond acceptors (Lipinski definition) is 3. The molecule has 1 aromatic heterocycles. The Hall–Kier alpha value is -1.88. The van der Waals surface area contributed by atoms with Gasteiger partial charge in [0.15, 0.2) is 0 Å². The zero-order valence-electron chi connectivity index (χ0n) is 13.5. The lowest BCUT2D eigenvalue weighted by Gasteiger charge is -2.09. The number of nitrogens with one attached hydrogen (secondary N) is 2. The van der Waals surface area contributed by atoms with Crippen molar-refractivity contribution in [2.45, 2.75) is 26.7 Å². The predicted molar refractivity (Wildman–Crippen MR) is 98.7 cm³/mol. The van der Waals surface area contributed by atoms with E-state index in [2.05, 4.69) is 45.4 Å². The van der Waals surface area contributed by atoms with Crippen molar-refractivity contribution in [2.75, 3.05) is 17.2 Å². The second-order valence-corrected chi connectivity index (χ2v) is 6.81. The quantitative estimate of drug-likeness (QED) is 0.749. The van der Waals surface area contributed by atoms with E-state index in [4.69, 9.17) is 0 Å². The molecule has 0 fully saturated rings. The molecule has 0 unspecified atom stereocenters. The molecule has 0 spiro atoms. The Balaban J connectivity index is 1.82. The lowest BCUT2D eigenvalue weighted by molar-refractivity contribution is -0.115. The SMILES string of the molecule is CC(C)CCNc1ccc(NC(=O)Cc2ccc(Br)cc2)cn1. The summed E-state index contributed by atoms with van der Waals surface area (Å²) in [5, 5.41) is 6.14. The number of carbonyl (C=O) groups is 1. The third kappa shape index (κ3) is 6.40. The molecule has 4 nitrogen and oxygen atoms in total. The minimum Gasteiger partial charge on any atom is -0.370 e. The summed E-state index contributed by atoms with van der Waals surface area (Å²) in [4.78, 5) is 16.3. The molecule has 0 radical (unpaired) electrons. The fourth-order valence-corrected chi connectivity index (χ4v) is 2.32. The molecule has 0 aliphatic heterocycles. The summed E-state index contributed by atoms with van der Waals surface area (Å²) in [5.74, 6) is 1.45. The highest BCUT2D eigenvalue weighted by Gasteiger charge is 2.05. The standard InChI is InChI=1S/C18H22BrN3O/c1-13(2)9-10-20-17-8-7-16(12-21-17)22-18(23)11-14-3-5-15(19)6-4-14/h3-8,12-13H,9-11H2,1-2H3,(H,20,21)(H,22,23). The Morgan fingerprint density at radius 3 is 2.52 bits per heavy atom. The van der Waals surface area contributed by atoms with Crippen LogP contribution >= 0.6 is 15.9 Å². The van der Waals surface area contributed by atoms with Crippen LogP contribution in [-0.4, -0.2) is 17.4 Å². The molecule has 1 amide bonds. The normalized spacial score (nSPS) is 10.6. The van der Waals surface area contributed by atoms with Crippen LogP contribution in [0.3, 0.4) is 0 Å². The average Bonchev–Trinajstić information content (AvgIpc) is 2.51. The lowest BCUT2D eigenvalue weighted by atomic mass is 10.1. The van der Waals surface area contributed by atoms with E-state index in [0.717, 1.165) is 28.8 Å². The number of anilines is 2. The molecule has 0 aliphatic rings. The van der Waals surface area contributed by atoms with Crippen molar-refractivity contribution in [1.82, 2.24) is 4.98 Å². The summed E-state index contributed by atoms with van der Waals surface area (Å²) >= 11 is 3.38. The zero-order chi connectivity index (χ0) is 16.7. The molecule has 0 atom stereocenters. The van der Waals surface area contributed by atoms with Gasteiger partial charge in [0.25, 0.3) is 0 Å². The fraction of sp³-hybridized carbons (Fsp3) is 0.333. The van der Waals surface area contributed by atoms with Gasteiger partial charge in [-0.15, -0.1) is 0 Å². The summed E-state index contributed by atoms with van der Waals surface area (Å²) < 4.78 is 1.01. The van der Waals surface area contributed by atoms with Crippen LogP contribution in [0.5, 0.6) is 0 Å². The molecule has 2 rings (SSSR count). The molecule has 0 aliphatic carbocycles. The van der Waals surface area contributed by atoms with E-state index in [1.807, 2.05) is 36.4 Å². The van der Waals surface area contributed by atoms with Crippen LogP contribution in [0.4, 0.5) is 11.5 Å². The summed E-state index contributed by atoms with van der Waals surface area (Å²) in [7, 11) is 0. The molecule has 5 heteroatoms. The van der Waals surface area contributed by atoms with Crippen LogP contribution in [0.2, 0.25) is 0 Å². The minimum atomic E-state index is -0.0466. The number of pyridine rings is 1. The van der Waals surface area contributed by atoms with Crippen molar-refractivity contribution in [2.24, 2.45) is 5.92 Å². The summed E-state index contributed by atoms with van der Waals surface area (Å²) in [6.45, 7) is 5.29. The van der Waals surface area contributed by atoms with Crippen molar-refractivity contribution >= 4 is 33.3 Å². The smallest absolute Gasteiger partial charge is 0.228 e. The maximum absolute atomic E-state index is 12.0. The molecular formula is C18H22BrN3O. The van der Waals surface area contributed by atoms with Gasteiger partial charge in [-0.2, -0.15) is 0 Å². The van der Waals surface area contributed by atoms with Crippen LogP contribution in [0.15, 0.2) is 47.1 Å². The maximum Gasteiger partial charge on any atom is 0.228 e. The molecule has 0 bridgehead atoms. The van der Waals surface area contributed by atoms with Gasteiger partial charge >= 0.3 is 0 Å². The van der Waals surface area contributed by atoms with Gasteiger partial charge in [-0.1, -0.05) is 41.9 Å². The maximum atomic E-state index is 12.0. The largest absolute Gasteiger partial charge is 0.370 e. The van der Waals surface area contributed by atoms with Crippen LogP contribution in [0, 0.1) is 5.92 Å². The molecule has 1 heterocycles. The zero-order valence-corrected chi connectivity index (χ0v) is 15.1. The molecular weight excluding hydrogens is 354 g/mol. The van der Waals surface area contributed by atoms with Gasteiger partial charge in [0.2, 0.25) is 5.91 Å². The number of rotatable bonds is 7. The lowest BCUT2D eigenvalue weighted by Crippen LogP contribution is -2.14. The Morgan fingerprint density at radius 2 is 1.91 bits per heavy atom. The molecule has 23 heavy (non-hydrogen) atoms. The third-order valence-corrected chi connectivity index (χ3v) is 3.88. The number of nitrogens with zero attached hydrogens (tertiary/aromatic N) is 1. The minimum absolute atomic E-state index is 0.0466. The second-order valence-electron chi connectivity index (χ2n) is 5.89. The number of hydrogen-bond donors (Lipinski definition) is 2.